The highest BCUT2D eigenvalue weighted by molar-refractivity contribution is 5.42. The minimum Gasteiger partial charge on any atom is -0.496 e. The van der Waals surface area contributed by atoms with Crippen molar-refractivity contribution in [2.45, 2.75) is 12.5 Å². The van der Waals surface area contributed by atoms with Crippen LogP contribution in [0, 0.1) is 11.3 Å². The van der Waals surface area contributed by atoms with Crippen LogP contribution in [0.4, 0.5) is 0 Å². The molecule has 4 nitrogen and oxygen atoms in total. The Balaban J connectivity index is 2.39. The van der Waals surface area contributed by atoms with E-state index in [9.17, 15) is 5.26 Å². The predicted octanol–water partition coefficient (Wildman–Crippen LogP) is 1.77. The average Bonchev–Trinajstić information content (AvgIpc) is 2.47. The van der Waals surface area contributed by atoms with E-state index in [4.69, 9.17) is 9.47 Å². The van der Waals surface area contributed by atoms with Crippen LogP contribution in [0.2, 0.25) is 0 Å². The van der Waals surface area contributed by atoms with E-state index in [1.165, 1.54) is 0 Å². The van der Waals surface area contributed by atoms with Crippen molar-refractivity contribution in [1.29, 1.82) is 5.26 Å². The second-order valence-corrected chi connectivity index (χ2v) is 4.48. The lowest BCUT2D eigenvalue weighted by molar-refractivity contribution is -0.000149. The number of rotatable bonds is 3. The minimum atomic E-state index is -0.670. The molecule has 0 spiro atoms. The molecule has 0 aromatic heterocycles. The van der Waals surface area contributed by atoms with E-state index in [0.29, 0.717) is 13.2 Å². The van der Waals surface area contributed by atoms with Crippen LogP contribution in [0.5, 0.6) is 5.75 Å². The highest BCUT2D eigenvalue weighted by Crippen LogP contribution is 2.34. The summed E-state index contributed by atoms with van der Waals surface area (Å²) in [7, 11) is 1.63. The monoisotopic (exact) mass is 246 g/mol. The van der Waals surface area contributed by atoms with Gasteiger partial charge in [-0.3, -0.25) is 4.90 Å². The van der Waals surface area contributed by atoms with Crippen LogP contribution in [0.25, 0.3) is 0 Å². The van der Waals surface area contributed by atoms with Gasteiger partial charge >= 0.3 is 0 Å². The third-order valence-electron chi connectivity index (χ3n) is 3.49. The maximum atomic E-state index is 9.62. The van der Waals surface area contributed by atoms with Crippen molar-refractivity contribution in [3.63, 3.8) is 0 Å². The quantitative estimate of drug-likeness (QED) is 0.815. The summed E-state index contributed by atoms with van der Waals surface area (Å²) >= 11 is 0. The Morgan fingerprint density at radius 3 is 2.61 bits per heavy atom. The average molecular weight is 246 g/mol. The highest BCUT2D eigenvalue weighted by atomic mass is 16.5. The third-order valence-corrected chi connectivity index (χ3v) is 3.49. The van der Waals surface area contributed by atoms with Gasteiger partial charge in [-0.25, -0.2) is 0 Å². The summed E-state index contributed by atoms with van der Waals surface area (Å²) in [6.07, 6.45) is 0. The number of benzene rings is 1. The lowest BCUT2D eigenvalue weighted by Crippen LogP contribution is -2.49. The molecular weight excluding hydrogens is 228 g/mol. The number of methoxy groups -OCH3 is 1. The van der Waals surface area contributed by atoms with E-state index in [-0.39, 0.29) is 0 Å². The van der Waals surface area contributed by atoms with E-state index in [1.54, 1.807) is 7.11 Å². The first-order chi connectivity index (χ1) is 8.72. The van der Waals surface area contributed by atoms with Crippen molar-refractivity contribution in [3.05, 3.63) is 29.8 Å². The summed E-state index contributed by atoms with van der Waals surface area (Å²) in [5, 5.41) is 9.62. The first-order valence-electron chi connectivity index (χ1n) is 6.10. The number of hydrogen-bond acceptors (Lipinski definition) is 4. The van der Waals surface area contributed by atoms with Crippen molar-refractivity contribution in [2.75, 3.05) is 33.4 Å². The first-order valence-corrected chi connectivity index (χ1v) is 6.10. The van der Waals surface area contributed by atoms with Crippen LogP contribution in [0.15, 0.2) is 24.3 Å². The molecule has 0 saturated carbocycles. The van der Waals surface area contributed by atoms with E-state index in [0.717, 1.165) is 24.4 Å². The number of para-hydroxylation sites is 1. The molecule has 0 N–H and O–H groups in total. The minimum absolute atomic E-state index is 0.670. The fourth-order valence-electron chi connectivity index (χ4n) is 2.36. The molecule has 0 amide bonds. The summed E-state index contributed by atoms with van der Waals surface area (Å²) < 4.78 is 10.7. The Bertz CT molecular complexity index is 449. The maximum Gasteiger partial charge on any atom is 0.135 e. The van der Waals surface area contributed by atoms with Crippen LogP contribution in [-0.4, -0.2) is 38.3 Å². The lowest BCUT2D eigenvalue weighted by atomic mass is 9.90. The fourth-order valence-corrected chi connectivity index (χ4v) is 2.36. The van der Waals surface area contributed by atoms with E-state index >= 15 is 0 Å². The molecule has 1 unspecified atom stereocenters. The molecule has 0 aliphatic carbocycles. The van der Waals surface area contributed by atoms with Gasteiger partial charge in [0, 0.05) is 18.7 Å². The van der Waals surface area contributed by atoms with Crippen molar-refractivity contribution in [3.8, 4) is 11.8 Å². The van der Waals surface area contributed by atoms with Gasteiger partial charge in [0.05, 0.1) is 26.4 Å². The summed E-state index contributed by atoms with van der Waals surface area (Å²) in [4.78, 5) is 2.15. The van der Waals surface area contributed by atoms with Crippen molar-refractivity contribution >= 4 is 0 Å². The van der Waals surface area contributed by atoms with Crippen LogP contribution in [0.3, 0.4) is 0 Å². The van der Waals surface area contributed by atoms with Gasteiger partial charge in [-0.15, -0.1) is 0 Å². The van der Waals surface area contributed by atoms with Gasteiger partial charge in [0.2, 0.25) is 0 Å². The standard InChI is InChI=1S/C14H18N2O2/c1-14(11-15,16-7-9-18-10-8-16)12-5-3-4-6-13(12)17-2/h3-6H,7-10H2,1-2H3. The molecule has 1 fully saturated rings. The molecule has 1 aromatic rings. The Morgan fingerprint density at radius 1 is 1.33 bits per heavy atom. The number of morpholine rings is 1. The third kappa shape index (κ3) is 2.20. The molecule has 0 bridgehead atoms. The molecular formula is C14H18N2O2. The molecule has 18 heavy (non-hydrogen) atoms. The van der Waals surface area contributed by atoms with Gasteiger partial charge in [0.25, 0.3) is 0 Å². The van der Waals surface area contributed by atoms with Crippen molar-refractivity contribution in [1.82, 2.24) is 4.90 Å². The van der Waals surface area contributed by atoms with Crippen LogP contribution < -0.4 is 4.74 Å². The number of ether oxygens (including phenoxy) is 2. The normalized spacial score (nSPS) is 19.8. The molecule has 4 heteroatoms. The van der Waals surface area contributed by atoms with Crippen LogP contribution >= 0.6 is 0 Å². The zero-order valence-electron chi connectivity index (χ0n) is 10.8. The van der Waals surface area contributed by atoms with Gasteiger partial charge in [-0.05, 0) is 13.0 Å². The molecule has 1 aliphatic heterocycles. The van der Waals surface area contributed by atoms with Gasteiger partial charge < -0.3 is 9.47 Å². The molecule has 0 radical (unpaired) electrons. The Kier molecular flexibility index (Phi) is 3.85. The largest absolute Gasteiger partial charge is 0.496 e. The summed E-state index contributed by atoms with van der Waals surface area (Å²) in [5.74, 6) is 0.757. The van der Waals surface area contributed by atoms with Crippen molar-refractivity contribution in [2.24, 2.45) is 0 Å². The Morgan fingerprint density at radius 2 is 2.00 bits per heavy atom. The number of hydrogen-bond donors (Lipinski definition) is 0. The Hall–Kier alpha value is -1.57. The van der Waals surface area contributed by atoms with Gasteiger partial charge in [0.15, 0.2) is 0 Å². The molecule has 1 aromatic carbocycles. The van der Waals surface area contributed by atoms with Gasteiger partial charge in [-0.2, -0.15) is 5.26 Å². The second-order valence-electron chi connectivity index (χ2n) is 4.48. The second kappa shape index (κ2) is 5.38. The molecule has 96 valence electrons. The summed E-state index contributed by atoms with van der Waals surface area (Å²) in [5.41, 5.74) is 0.244. The summed E-state index contributed by atoms with van der Waals surface area (Å²) in [6.45, 7) is 4.82. The fraction of sp³-hybridized carbons (Fsp3) is 0.500. The zero-order valence-corrected chi connectivity index (χ0v) is 10.8. The molecule has 1 aliphatic rings. The SMILES string of the molecule is COc1ccccc1C(C)(C#N)N1CCOCC1. The number of nitriles is 1. The van der Waals surface area contributed by atoms with Crippen molar-refractivity contribution < 1.29 is 9.47 Å². The van der Waals surface area contributed by atoms with E-state index in [1.807, 2.05) is 31.2 Å². The smallest absolute Gasteiger partial charge is 0.135 e. The van der Waals surface area contributed by atoms with E-state index < -0.39 is 5.54 Å². The van der Waals surface area contributed by atoms with Gasteiger partial charge in [0.1, 0.15) is 11.3 Å². The molecule has 1 atom stereocenters. The zero-order chi connectivity index (χ0) is 13.0. The Labute approximate surface area is 108 Å². The molecule has 1 saturated heterocycles. The van der Waals surface area contributed by atoms with Crippen LogP contribution in [-0.2, 0) is 10.3 Å². The molecule has 1 heterocycles. The van der Waals surface area contributed by atoms with Gasteiger partial charge in [-0.1, -0.05) is 18.2 Å². The maximum absolute atomic E-state index is 9.62. The molecule has 2 rings (SSSR count). The lowest BCUT2D eigenvalue weighted by Gasteiger charge is -2.39. The number of nitrogens with zero attached hydrogens (tertiary/aromatic N) is 2. The topological polar surface area (TPSA) is 45.5 Å². The summed E-state index contributed by atoms with van der Waals surface area (Å²) in [6, 6.07) is 10.1. The highest BCUT2D eigenvalue weighted by Gasteiger charge is 2.37. The van der Waals surface area contributed by atoms with E-state index in [2.05, 4.69) is 11.0 Å². The first kappa shape index (κ1) is 12.9. The predicted molar refractivity (Wildman–Crippen MR) is 68.4 cm³/mol. The van der Waals surface area contributed by atoms with Crippen LogP contribution in [0.1, 0.15) is 12.5 Å².